The van der Waals surface area contributed by atoms with Gasteiger partial charge >= 0.3 is 5.97 Å². The molecular weight excluding hydrogens is 715 g/mol. The molecule has 11 heteroatoms. The number of fused-ring (bicyclic) bond motifs is 1. The van der Waals surface area contributed by atoms with Gasteiger partial charge in [-0.05, 0) is 88.3 Å². The van der Waals surface area contributed by atoms with Crippen LogP contribution < -0.4 is 19.6 Å². The van der Waals surface area contributed by atoms with E-state index in [4.69, 9.17) is 9.47 Å². The van der Waals surface area contributed by atoms with Crippen molar-refractivity contribution in [1.82, 2.24) is 4.57 Å². The van der Waals surface area contributed by atoms with Crippen LogP contribution in [0, 0.1) is 3.57 Å². The number of phenolic OH excluding ortho intramolecular Hbond substituents is 1. The van der Waals surface area contributed by atoms with Crippen molar-refractivity contribution in [3.8, 4) is 11.5 Å². The molecule has 1 atom stereocenters. The molecule has 182 valence electrons. The number of carbonyl (C=O) groups is 1. The van der Waals surface area contributed by atoms with Gasteiger partial charge in [-0.15, -0.1) is 0 Å². The second-order valence-corrected chi connectivity index (χ2v) is 11.5. The third-order valence-corrected chi connectivity index (χ3v) is 8.24. The molecule has 2 heterocycles. The predicted molar refractivity (Wildman–Crippen MR) is 150 cm³/mol. The average Bonchev–Trinajstić information content (AvgIpc) is 3.10. The number of aromatic nitrogens is 1. The number of methoxy groups -OCH3 is 1. The first-order valence-electron chi connectivity index (χ1n) is 10.4. The molecule has 7 nitrogen and oxygen atoms in total. The Labute approximate surface area is 235 Å². The number of thiazole rings is 1. The first kappa shape index (κ1) is 26.1. The Balaban J connectivity index is 1.99. The Bertz CT molecular complexity index is 1560. The van der Waals surface area contributed by atoms with Gasteiger partial charge in [-0.1, -0.05) is 33.3 Å². The lowest BCUT2D eigenvalue weighted by Crippen LogP contribution is -2.40. The van der Waals surface area contributed by atoms with Gasteiger partial charge in [-0.2, -0.15) is 0 Å². The Kier molecular flexibility index (Phi) is 7.89. The van der Waals surface area contributed by atoms with Gasteiger partial charge in [0.25, 0.3) is 5.56 Å². The number of rotatable bonds is 5. The summed E-state index contributed by atoms with van der Waals surface area (Å²) >= 11 is 10.2. The summed E-state index contributed by atoms with van der Waals surface area (Å²) in [7, 11) is 1.56. The molecule has 0 bridgehead atoms. The number of halogens is 3. The molecule has 0 aliphatic carbocycles. The van der Waals surface area contributed by atoms with Gasteiger partial charge in [0.2, 0.25) is 0 Å². The predicted octanol–water partition coefficient (Wildman–Crippen LogP) is 4.64. The zero-order valence-electron chi connectivity index (χ0n) is 18.8. The van der Waals surface area contributed by atoms with Gasteiger partial charge in [0.1, 0.15) is 11.5 Å². The highest BCUT2D eigenvalue weighted by Gasteiger charge is 2.33. The summed E-state index contributed by atoms with van der Waals surface area (Å²) in [5.41, 5.74) is 1.65. The van der Waals surface area contributed by atoms with Crippen LogP contribution in [0.1, 0.15) is 31.0 Å². The largest absolute Gasteiger partial charge is 0.506 e. The summed E-state index contributed by atoms with van der Waals surface area (Å²) < 4.78 is 14.7. The van der Waals surface area contributed by atoms with E-state index in [0.29, 0.717) is 45.5 Å². The van der Waals surface area contributed by atoms with Crippen LogP contribution in [0.2, 0.25) is 0 Å². The topological polar surface area (TPSA) is 90.1 Å². The van der Waals surface area contributed by atoms with Gasteiger partial charge in [0.05, 0.1) is 43.6 Å². The molecule has 1 aromatic heterocycles. The Morgan fingerprint density at radius 3 is 2.71 bits per heavy atom. The van der Waals surface area contributed by atoms with Crippen molar-refractivity contribution in [2.45, 2.75) is 19.9 Å². The normalized spacial score (nSPS) is 15.6. The number of hydrogen-bond donors (Lipinski definition) is 1. The van der Waals surface area contributed by atoms with Crippen molar-refractivity contribution in [1.29, 1.82) is 0 Å². The summed E-state index contributed by atoms with van der Waals surface area (Å²) in [6.45, 7) is 3.66. The zero-order chi connectivity index (χ0) is 25.4. The maximum atomic E-state index is 13.7. The molecule has 1 aliphatic rings. The van der Waals surface area contributed by atoms with E-state index in [1.807, 2.05) is 34.7 Å². The number of esters is 1. The van der Waals surface area contributed by atoms with E-state index in [-0.39, 0.29) is 17.9 Å². The summed E-state index contributed by atoms with van der Waals surface area (Å²) in [4.78, 5) is 31.7. The quantitative estimate of drug-likeness (QED) is 0.305. The smallest absolute Gasteiger partial charge is 0.338 e. The minimum atomic E-state index is -0.745. The van der Waals surface area contributed by atoms with Crippen LogP contribution in [-0.2, 0) is 9.53 Å². The highest BCUT2D eigenvalue weighted by molar-refractivity contribution is 14.1. The molecule has 35 heavy (non-hydrogen) atoms. The molecule has 2 aromatic carbocycles. The van der Waals surface area contributed by atoms with Gasteiger partial charge in [-0.25, -0.2) is 9.79 Å². The monoisotopic (exact) mass is 732 g/mol. The number of phenols is 1. The van der Waals surface area contributed by atoms with E-state index in [0.717, 1.165) is 4.47 Å². The van der Waals surface area contributed by atoms with E-state index in [1.54, 1.807) is 45.2 Å². The van der Waals surface area contributed by atoms with Gasteiger partial charge in [0, 0.05) is 10.0 Å². The van der Waals surface area contributed by atoms with Crippen LogP contribution in [0.3, 0.4) is 0 Å². The highest BCUT2D eigenvalue weighted by Crippen LogP contribution is 2.35. The maximum absolute atomic E-state index is 13.7. The molecule has 0 saturated heterocycles. The number of hydrogen-bond acceptors (Lipinski definition) is 7. The SMILES string of the molecule is CCOC(=O)C1=C(C)N=c2s/c(=C/c3cc(Br)cc(I)c3O)c(=O)n2[C@@H]1c1ccc(OC)c(Br)c1. The van der Waals surface area contributed by atoms with Gasteiger partial charge < -0.3 is 14.6 Å². The molecule has 4 rings (SSSR count). The van der Waals surface area contributed by atoms with E-state index < -0.39 is 12.0 Å². The fraction of sp³-hybridized carbons (Fsp3) is 0.208. The first-order chi connectivity index (χ1) is 16.7. The Morgan fingerprint density at radius 1 is 1.31 bits per heavy atom. The summed E-state index contributed by atoms with van der Waals surface area (Å²) in [5.74, 6) is 0.178. The maximum Gasteiger partial charge on any atom is 0.338 e. The number of benzene rings is 2. The molecule has 0 radical (unpaired) electrons. The standard InChI is InChI=1S/C24H19Br2IN2O5S/c1-4-34-23(32)19-11(2)28-24-29(20(19)12-5-6-17(33-3)15(26)8-12)22(31)18(35-24)9-13-7-14(25)10-16(27)21(13)30/h5-10,20,30H,4H2,1-3H3/b18-9+/t20-/m1/s1. The molecule has 0 amide bonds. The number of ether oxygens (including phenoxy) is 2. The van der Waals surface area contributed by atoms with Crippen molar-refractivity contribution < 1.29 is 19.4 Å². The van der Waals surface area contributed by atoms with E-state index in [2.05, 4.69) is 36.9 Å². The van der Waals surface area contributed by atoms with E-state index in [1.165, 1.54) is 15.9 Å². The Morgan fingerprint density at radius 2 is 2.06 bits per heavy atom. The molecule has 0 spiro atoms. The summed E-state index contributed by atoms with van der Waals surface area (Å²) in [6, 6.07) is 8.18. The fourth-order valence-corrected chi connectivity index (χ4v) is 6.94. The van der Waals surface area contributed by atoms with Crippen molar-refractivity contribution in [3.63, 3.8) is 0 Å². The van der Waals surface area contributed by atoms with Crippen molar-refractivity contribution >= 4 is 77.8 Å². The molecule has 0 unspecified atom stereocenters. The van der Waals surface area contributed by atoms with Crippen molar-refractivity contribution in [2.75, 3.05) is 13.7 Å². The van der Waals surface area contributed by atoms with E-state index in [9.17, 15) is 14.7 Å². The van der Waals surface area contributed by atoms with Gasteiger partial charge in [-0.3, -0.25) is 9.36 Å². The minimum absolute atomic E-state index is 0.0821. The number of allylic oxidation sites excluding steroid dienone is 1. The Hall–Kier alpha value is -1.96. The van der Waals surface area contributed by atoms with Crippen LogP contribution in [0.4, 0.5) is 0 Å². The second-order valence-electron chi connectivity index (χ2n) is 7.52. The van der Waals surface area contributed by atoms with E-state index >= 15 is 0 Å². The lowest BCUT2D eigenvalue weighted by Gasteiger charge is -2.25. The first-order valence-corrected chi connectivity index (χ1v) is 13.9. The summed E-state index contributed by atoms with van der Waals surface area (Å²) in [5, 5.41) is 10.5. The highest BCUT2D eigenvalue weighted by atomic mass is 127. The van der Waals surface area contributed by atoms with Crippen LogP contribution >= 0.6 is 65.8 Å². The second kappa shape index (κ2) is 10.6. The minimum Gasteiger partial charge on any atom is -0.506 e. The molecule has 1 aliphatic heterocycles. The third kappa shape index (κ3) is 5.00. The molecule has 3 aromatic rings. The molecule has 1 N–H and O–H groups in total. The van der Waals surface area contributed by atoms with Crippen molar-refractivity contribution in [3.05, 3.63) is 84.9 Å². The van der Waals surface area contributed by atoms with Crippen LogP contribution in [0.25, 0.3) is 6.08 Å². The van der Waals surface area contributed by atoms with Crippen molar-refractivity contribution in [2.24, 2.45) is 4.99 Å². The third-order valence-electron chi connectivity index (χ3n) is 5.35. The lowest BCUT2D eigenvalue weighted by molar-refractivity contribution is -0.139. The number of carbonyl (C=O) groups excluding carboxylic acids is 1. The summed E-state index contributed by atoms with van der Waals surface area (Å²) in [6.07, 6.45) is 1.64. The average molecular weight is 734 g/mol. The molecular formula is C24H19Br2IN2O5S. The lowest BCUT2D eigenvalue weighted by atomic mass is 9.96. The fourth-order valence-electron chi connectivity index (χ4n) is 3.80. The number of nitrogens with zero attached hydrogens (tertiary/aromatic N) is 2. The molecule has 0 saturated carbocycles. The zero-order valence-corrected chi connectivity index (χ0v) is 24.9. The number of aromatic hydroxyl groups is 1. The van der Waals surface area contributed by atoms with Crippen LogP contribution in [0.15, 0.2) is 60.3 Å². The van der Waals surface area contributed by atoms with Gasteiger partial charge in [0.15, 0.2) is 4.80 Å². The van der Waals surface area contributed by atoms with Crippen LogP contribution in [0.5, 0.6) is 11.5 Å². The van der Waals surface area contributed by atoms with Crippen LogP contribution in [-0.4, -0.2) is 29.4 Å². The molecule has 0 fully saturated rings.